The average Bonchev–Trinajstić information content (AvgIpc) is 2.29. The lowest BCUT2D eigenvalue weighted by molar-refractivity contribution is -0.122. The van der Waals surface area contributed by atoms with Crippen LogP contribution in [0.1, 0.15) is 25.8 Å². The molecular formula is C13H18F2N2O. The molecule has 1 atom stereocenters. The quantitative estimate of drug-likeness (QED) is 0.846. The number of rotatable bonds is 5. The van der Waals surface area contributed by atoms with E-state index in [9.17, 15) is 13.6 Å². The zero-order valence-corrected chi connectivity index (χ0v) is 10.5. The Bertz CT molecular complexity index is 421. The Kier molecular flexibility index (Phi) is 5.22. The van der Waals surface area contributed by atoms with E-state index >= 15 is 0 Å². The van der Waals surface area contributed by atoms with Gasteiger partial charge in [0, 0.05) is 12.1 Å². The van der Waals surface area contributed by atoms with Crippen LogP contribution in [0, 0.1) is 17.6 Å². The fourth-order valence-electron chi connectivity index (χ4n) is 1.61. The Morgan fingerprint density at radius 3 is 2.67 bits per heavy atom. The maximum Gasteiger partial charge on any atom is 0.237 e. The Labute approximate surface area is 105 Å². The first-order valence-electron chi connectivity index (χ1n) is 5.87. The third-order valence-corrected chi connectivity index (χ3v) is 2.52. The van der Waals surface area contributed by atoms with E-state index in [1.54, 1.807) is 0 Å². The molecule has 0 bridgehead atoms. The van der Waals surface area contributed by atoms with Gasteiger partial charge in [-0.3, -0.25) is 4.79 Å². The molecule has 0 saturated carbocycles. The summed E-state index contributed by atoms with van der Waals surface area (Å²) < 4.78 is 26.2. The highest BCUT2D eigenvalue weighted by atomic mass is 19.1. The predicted octanol–water partition coefficient (Wildman–Crippen LogP) is 1.95. The van der Waals surface area contributed by atoms with Crippen molar-refractivity contribution in [1.29, 1.82) is 0 Å². The molecule has 1 aromatic carbocycles. The van der Waals surface area contributed by atoms with Crippen molar-refractivity contribution in [1.82, 2.24) is 5.32 Å². The van der Waals surface area contributed by atoms with Gasteiger partial charge in [-0.15, -0.1) is 0 Å². The molecule has 0 aromatic heterocycles. The molecule has 1 rings (SSSR count). The molecule has 0 aliphatic rings. The highest BCUT2D eigenvalue weighted by Crippen LogP contribution is 2.09. The van der Waals surface area contributed by atoms with Crippen LogP contribution >= 0.6 is 0 Å². The minimum Gasteiger partial charge on any atom is -0.351 e. The Balaban J connectivity index is 2.54. The van der Waals surface area contributed by atoms with Gasteiger partial charge < -0.3 is 11.1 Å². The van der Waals surface area contributed by atoms with Crippen molar-refractivity contribution in [3.8, 4) is 0 Å². The number of benzene rings is 1. The molecular weight excluding hydrogens is 238 g/mol. The first-order chi connectivity index (χ1) is 8.40. The summed E-state index contributed by atoms with van der Waals surface area (Å²) in [5.74, 6) is -1.13. The summed E-state index contributed by atoms with van der Waals surface area (Å²) >= 11 is 0. The molecule has 0 radical (unpaired) electrons. The van der Waals surface area contributed by atoms with E-state index in [4.69, 9.17) is 5.73 Å². The smallest absolute Gasteiger partial charge is 0.237 e. The topological polar surface area (TPSA) is 55.1 Å². The van der Waals surface area contributed by atoms with Crippen LogP contribution in [0.3, 0.4) is 0 Å². The first kappa shape index (κ1) is 14.6. The van der Waals surface area contributed by atoms with Crippen molar-refractivity contribution in [2.45, 2.75) is 32.9 Å². The van der Waals surface area contributed by atoms with Crippen molar-refractivity contribution in [3.05, 3.63) is 35.4 Å². The highest BCUT2D eigenvalue weighted by Gasteiger charge is 2.15. The Morgan fingerprint density at radius 1 is 1.39 bits per heavy atom. The zero-order valence-electron chi connectivity index (χ0n) is 10.5. The van der Waals surface area contributed by atoms with E-state index in [2.05, 4.69) is 5.32 Å². The van der Waals surface area contributed by atoms with Gasteiger partial charge in [-0.25, -0.2) is 8.78 Å². The SMILES string of the molecule is CC(C)CC(N)C(=O)NCc1cc(F)ccc1F. The van der Waals surface area contributed by atoms with Crippen LogP contribution in [-0.4, -0.2) is 11.9 Å². The second-order valence-electron chi connectivity index (χ2n) is 4.69. The summed E-state index contributed by atoms with van der Waals surface area (Å²) in [6, 6.07) is 2.50. The fourth-order valence-corrected chi connectivity index (χ4v) is 1.61. The molecule has 0 aliphatic heterocycles. The molecule has 100 valence electrons. The molecule has 3 N–H and O–H groups in total. The minimum atomic E-state index is -0.623. The minimum absolute atomic E-state index is 0.0613. The Hall–Kier alpha value is -1.49. The van der Waals surface area contributed by atoms with E-state index in [-0.39, 0.29) is 18.0 Å². The van der Waals surface area contributed by atoms with E-state index in [1.807, 2.05) is 13.8 Å². The lowest BCUT2D eigenvalue weighted by Gasteiger charge is -2.14. The van der Waals surface area contributed by atoms with Gasteiger partial charge >= 0.3 is 0 Å². The van der Waals surface area contributed by atoms with Crippen LogP contribution in [0.25, 0.3) is 0 Å². The van der Waals surface area contributed by atoms with Crippen molar-refractivity contribution >= 4 is 5.91 Å². The summed E-state index contributed by atoms with van der Waals surface area (Å²) in [5, 5.41) is 2.50. The molecule has 18 heavy (non-hydrogen) atoms. The number of carbonyl (C=O) groups excluding carboxylic acids is 1. The summed E-state index contributed by atoms with van der Waals surface area (Å²) in [7, 11) is 0. The number of halogens is 2. The molecule has 5 heteroatoms. The van der Waals surface area contributed by atoms with E-state index in [0.717, 1.165) is 18.2 Å². The van der Waals surface area contributed by atoms with Gasteiger partial charge in [0.2, 0.25) is 5.91 Å². The van der Waals surface area contributed by atoms with E-state index in [1.165, 1.54) is 0 Å². The van der Waals surface area contributed by atoms with Crippen LogP contribution in [-0.2, 0) is 11.3 Å². The van der Waals surface area contributed by atoms with Gasteiger partial charge in [0.05, 0.1) is 6.04 Å². The number of hydrogen-bond donors (Lipinski definition) is 2. The number of hydrogen-bond acceptors (Lipinski definition) is 2. The summed E-state index contributed by atoms with van der Waals surface area (Å²) in [6.45, 7) is 3.85. The van der Waals surface area contributed by atoms with E-state index in [0.29, 0.717) is 12.3 Å². The average molecular weight is 256 g/mol. The molecule has 1 amide bonds. The van der Waals surface area contributed by atoms with Gasteiger partial charge in [-0.05, 0) is 30.5 Å². The maximum atomic E-state index is 13.3. The number of amides is 1. The molecule has 0 heterocycles. The first-order valence-corrected chi connectivity index (χ1v) is 5.87. The Morgan fingerprint density at radius 2 is 2.06 bits per heavy atom. The standard InChI is InChI=1S/C13H18F2N2O/c1-8(2)5-12(16)13(18)17-7-9-6-10(14)3-4-11(9)15/h3-4,6,8,12H,5,7,16H2,1-2H3,(H,17,18). The summed E-state index contributed by atoms with van der Waals surface area (Å²) in [4.78, 5) is 11.6. The number of nitrogens with one attached hydrogen (secondary N) is 1. The van der Waals surface area contributed by atoms with Crippen molar-refractivity contribution in [3.63, 3.8) is 0 Å². The highest BCUT2D eigenvalue weighted by molar-refractivity contribution is 5.81. The second-order valence-corrected chi connectivity index (χ2v) is 4.69. The van der Waals surface area contributed by atoms with Gasteiger partial charge in [0.15, 0.2) is 0 Å². The van der Waals surface area contributed by atoms with Crippen molar-refractivity contribution in [2.75, 3.05) is 0 Å². The molecule has 0 fully saturated rings. The van der Waals surface area contributed by atoms with Crippen LogP contribution in [0.4, 0.5) is 8.78 Å². The third kappa shape index (κ3) is 4.41. The van der Waals surface area contributed by atoms with Crippen LogP contribution in [0.5, 0.6) is 0 Å². The van der Waals surface area contributed by atoms with Gasteiger partial charge in [0.1, 0.15) is 11.6 Å². The molecule has 0 aliphatic carbocycles. The molecule has 1 aromatic rings. The molecule has 3 nitrogen and oxygen atoms in total. The van der Waals surface area contributed by atoms with E-state index < -0.39 is 17.7 Å². The molecule has 0 spiro atoms. The number of nitrogens with two attached hydrogens (primary N) is 1. The predicted molar refractivity (Wildman–Crippen MR) is 65.6 cm³/mol. The maximum absolute atomic E-state index is 13.3. The van der Waals surface area contributed by atoms with Crippen molar-refractivity contribution in [2.24, 2.45) is 11.7 Å². The van der Waals surface area contributed by atoms with Gasteiger partial charge in [-0.2, -0.15) is 0 Å². The molecule has 1 unspecified atom stereocenters. The monoisotopic (exact) mass is 256 g/mol. The number of carbonyl (C=O) groups is 1. The zero-order chi connectivity index (χ0) is 13.7. The van der Waals surface area contributed by atoms with Gasteiger partial charge in [-0.1, -0.05) is 13.8 Å². The summed E-state index contributed by atoms with van der Waals surface area (Å²) in [6.07, 6.45) is 0.553. The largest absolute Gasteiger partial charge is 0.351 e. The van der Waals surface area contributed by atoms with Gasteiger partial charge in [0.25, 0.3) is 0 Å². The molecule has 0 saturated heterocycles. The lowest BCUT2D eigenvalue weighted by atomic mass is 10.0. The lowest BCUT2D eigenvalue weighted by Crippen LogP contribution is -2.41. The second kappa shape index (κ2) is 6.44. The van der Waals surface area contributed by atoms with Crippen LogP contribution in [0.2, 0.25) is 0 Å². The fraction of sp³-hybridized carbons (Fsp3) is 0.462. The van der Waals surface area contributed by atoms with Crippen LogP contribution in [0.15, 0.2) is 18.2 Å². The van der Waals surface area contributed by atoms with Crippen LogP contribution < -0.4 is 11.1 Å². The summed E-state index contributed by atoms with van der Waals surface area (Å²) in [5.41, 5.74) is 5.78. The third-order valence-electron chi connectivity index (χ3n) is 2.52. The normalized spacial score (nSPS) is 12.6. The van der Waals surface area contributed by atoms with Crippen molar-refractivity contribution < 1.29 is 13.6 Å².